The van der Waals surface area contributed by atoms with Gasteiger partial charge in [0.2, 0.25) is 16.0 Å². The van der Waals surface area contributed by atoms with E-state index in [0.29, 0.717) is 23.5 Å². The predicted octanol–water partition coefficient (Wildman–Crippen LogP) is 2.01. The Labute approximate surface area is 174 Å². The first-order valence-electron chi connectivity index (χ1n) is 9.29. The van der Waals surface area contributed by atoms with E-state index in [0.717, 1.165) is 21.0 Å². The second-order valence-electron chi connectivity index (χ2n) is 8.02. The van der Waals surface area contributed by atoms with Crippen LogP contribution in [-0.4, -0.2) is 69.9 Å². The minimum Gasteiger partial charge on any atom is -0.390 e. The molecule has 0 amide bonds. The van der Waals surface area contributed by atoms with Crippen molar-refractivity contribution in [3.8, 4) is 10.7 Å². The molecule has 2 aromatic heterocycles. The Hall–Kier alpha value is -1.69. The summed E-state index contributed by atoms with van der Waals surface area (Å²) in [5.41, 5.74) is 0.663. The molecule has 0 spiro atoms. The van der Waals surface area contributed by atoms with Crippen molar-refractivity contribution in [1.82, 2.24) is 19.3 Å². The second kappa shape index (κ2) is 8.21. The predicted molar refractivity (Wildman–Crippen MR) is 111 cm³/mol. The number of aryl methyl sites for hydroxylation is 1. The molecule has 1 saturated heterocycles. The summed E-state index contributed by atoms with van der Waals surface area (Å²) in [6.07, 6.45) is 3.93. The molecular formula is C18H26FN5O3S2. The maximum atomic E-state index is 14.5. The number of nitrogens with one attached hydrogen (secondary N) is 1. The number of nitrogens with zero attached hydrogens (tertiary/aromatic N) is 4. The van der Waals surface area contributed by atoms with Crippen molar-refractivity contribution in [1.29, 1.82) is 0 Å². The van der Waals surface area contributed by atoms with Crippen LogP contribution in [-0.2, 0) is 16.4 Å². The van der Waals surface area contributed by atoms with Gasteiger partial charge in [0.25, 0.3) is 0 Å². The highest BCUT2D eigenvalue weighted by Gasteiger charge is 2.33. The third kappa shape index (κ3) is 5.68. The van der Waals surface area contributed by atoms with Crippen LogP contribution in [0.25, 0.3) is 10.7 Å². The smallest absolute Gasteiger partial charge is 0.223 e. The van der Waals surface area contributed by atoms with Gasteiger partial charge in [-0.1, -0.05) is 0 Å². The van der Waals surface area contributed by atoms with Gasteiger partial charge in [-0.15, -0.1) is 11.3 Å². The molecule has 2 N–H and O–H groups in total. The van der Waals surface area contributed by atoms with Crippen molar-refractivity contribution < 1.29 is 17.9 Å². The number of rotatable bonds is 6. The van der Waals surface area contributed by atoms with Crippen molar-refractivity contribution in [2.45, 2.75) is 51.4 Å². The van der Waals surface area contributed by atoms with Crippen LogP contribution in [0.15, 0.2) is 12.4 Å². The number of alkyl halides is 1. The molecule has 29 heavy (non-hydrogen) atoms. The zero-order chi connectivity index (χ0) is 21.4. The van der Waals surface area contributed by atoms with Gasteiger partial charge in [-0.3, -0.25) is 0 Å². The summed E-state index contributed by atoms with van der Waals surface area (Å²) in [5, 5.41) is 13.7. The van der Waals surface area contributed by atoms with Crippen LogP contribution in [0.1, 0.15) is 30.7 Å². The number of hydrogen-bond donors (Lipinski definition) is 2. The molecule has 8 nitrogen and oxygen atoms in total. The Morgan fingerprint density at radius 2 is 2.10 bits per heavy atom. The molecule has 3 heterocycles. The third-order valence-electron chi connectivity index (χ3n) is 4.62. The highest BCUT2D eigenvalue weighted by Crippen LogP contribution is 2.29. The van der Waals surface area contributed by atoms with Crippen molar-refractivity contribution in [3.63, 3.8) is 0 Å². The molecule has 11 heteroatoms. The van der Waals surface area contributed by atoms with E-state index in [1.54, 1.807) is 26.2 Å². The highest BCUT2D eigenvalue weighted by molar-refractivity contribution is 7.88. The molecule has 160 valence electrons. The van der Waals surface area contributed by atoms with Crippen LogP contribution >= 0.6 is 11.3 Å². The number of aliphatic hydroxyl groups is 1. The van der Waals surface area contributed by atoms with Crippen LogP contribution in [0.2, 0.25) is 0 Å². The third-order valence-corrected chi connectivity index (χ3v) is 6.90. The fourth-order valence-corrected chi connectivity index (χ4v) is 5.20. The van der Waals surface area contributed by atoms with E-state index in [2.05, 4.69) is 20.3 Å². The van der Waals surface area contributed by atoms with E-state index in [1.807, 2.05) is 6.92 Å². The Morgan fingerprint density at radius 3 is 2.72 bits per heavy atom. The summed E-state index contributed by atoms with van der Waals surface area (Å²) < 4.78 is 38.9. The average molecular weight is 444 g/mol. The lowest BCUT2D eigenvalue weighted by Crippen LogP contribution is -2.49. The fraction of sp³-hybridized carbons (Fsp3) is 0.611. The number of aromatic nitrogens is 3. The molecule has 1 aliphatic heterocycles. The quantitative estimate of drug-likeness (QED) is 0.703. The Balaban J connectivity index is 1.75. The molecule has 3 rings (SSSR count). The van der Waals surface area contributed by atoms with Crippen molar-refractivity contribution in [3.05, 3.63) is 22.8 Å². The molecule has 0 radical (unpaired) electrons. The molecule has 0 bridgehead atoms. The zero-order valence-electron chi connectivity index (χ0n) is 16.9. The van der Waals surface area contributed by atoms with E-state index in [1.165, 1.54) is 11.3 Å². The van der Waals surface area contributed by atoms with Gasteiger partial charge in [-0.2, -0.15) is 4.31 Å². The molecule has 2 atom stereocenters. The van der Waals surface area contributed by atoms with Gasteiger partial charge in [0.1, 0.15) is 16.9 Å². The van der Waals surface area contributed by atoms with Gasteiger partial charge in [-0.25, -0.2) is 27.8 Å². The van der Waals surface area contributed by atoms with Crippen LogP contribution < -0.4 is 5.32 Å². The number of hydrogen-bond acceptors (Lipinski definition) is 8. The SMILES string of the molecule is Cc1cnc(N[C@H]2CCN(S(C)(=O)=O)C[C@H]2F)nc1-c1ncc(CC(C)(C)O)s1. The number of thiazole rings is 1. The standard InChI is InChI=1S/C18H26FN5O3S2/c1-11-8-21-17(22-14-5-6-24(10-13(14)19)29(4,26)27)23-15(11)16-20-9-12(28-16)7-18(2,3)25/h8-9,13-14,25H,5-7,10H2,1-4H3,(H,21,22,23)/t13-,14+/m1/s1. The molecule has 1 fully saturated rings. The molecule has 1 aliphatic rings. The molecule has 2 aromatic rings. The van der Waals surface area contributed by atoms with Crippen LogP contribution in [0, 0.1) is 6.92 Å². The summed E-state index contributed by atoms with van der Waals surface area (Å²) in [6.45, 7) is 5.43. The van der Waals surface area contributed by atoms with E-state index >= 15 is 0 Å². The molecule has 0 unspecified atom stereocenters. The van der Waals surface area contributed by atoms with Gasteiger partial charge < -0.3 is 10.4 Å². The topological polar surface area (TPSA) is 108 Å². The summed E-state index contributed by atoms with van der Waals surface area (Å²) in [5.74, 6) is 0.283. The molecule has 0 aliphatic carbocycles. The van der Waals surface area contributed by atoms with Gasteiger partial charge in [0.05, 0.1) is 17.9 Å². The minimum absolute atomic E-state index is 0.179. The Kier molecular flexibility index (Phi) is 6.23. The lowest BCUT2D eigenvalue weighted by molar-refractivity contribution is 0.0818. The summed E-state index contributed by atoms with van der Waals surface area (Å²) in [6, 6.07) is -0.564. The molecular weight excluding hydrogens is 417 g/mol. The lowest BCUT2D eigenvalue weighted by Gasteiger charge is -2.33. The van der Waals surface area contributed by atoms with Crippen LogP contribution in [0.3, 0.4) is 0 Å². The number of halogens is 1. The lowest BCUT2D eigenvalue weighted by atomic mass is 10.1. The van der Waals surface area contributed by atoms with Gasteiger partial charge in [0.15, 0.2) is 0 Å². The zero-order valence-corrected chi connectivity index (χ0v) is 18.5. The van der Waals surface area contributed by atoms with Crippen LogP contribution in [0.4, 0.5) is 10.3 Å². The number of sulfonamides is 1. The van der Waals surface area contributed by atoms with Crippen molar-refractivity contribution in [2.75, 3.05) is 24.7 Å². The molecule has 0 saturated carbocycles. The van der Waals surface area contributed by atoms with E-state index < -0.39 is 27.8 Å². The van der Waals surface area contributed by atoms with Gasteiger partial charge >= 0.3 is 0 Å². The van der Waals surface area contributed by atoms with Crippen LogP contribution in [0.5, 0.6) is 0 Å². The first kappa shape index (κ1) is 22.0. The number of anilines is 1. The molecule has 0 aromatic carbocycles. The van der Waals surface area contributed by atoms with Gasteiger partial charge in [-0.05, 0) is 32.8 Å². The van der Waals surface area contributed by atoms with Crippen molar-refractivity contribution >= 4 is 27.3 Å². The normalized spacial score (nSPS) is 21.3. The largest absolute Gasteiger partial charge is 0.390 e. The van der Waals surface area contributed by atoms with Crippen molar-refractivity contribution in [2.24, 2.45) is 0 Å². The fourth-order valence-electron chi connectivity index (χ4n) is 3.16. The number of piperidine rings is 1. The van der Waals surface area contributed by atoms with E-state index in [-0.39, 0.29) is 19.0 Å². The van der Waals surface area contributed by atoms with Gasteiger partial charge in [0, 0.05) is 36.8 Å². The van der Waals surface area contributed by atoms with E-state index in [4.69, 9.17) is 0 Å². The average Bonchev–Trinajstić information content (AvgIpc) is 3.03. The second-order valence-corrected chi connectivity index (χ2v) is 11.1. The minimum atomic E-state index is -3.40. The maximum Gasteiger partial charge on any atom is 0.223 e. The highest BCUT2D eigenvalue weighted by atomic mass is 32.2. The van der Waals surface area contributed by atoms with E-state index in [9.17, 15) is 17.9 Å². The Bertz CT molecular complexity index is 974. The summed E-state index contributed by atoms with van der Waals surface area (Å²) in [4.78, 5) is 14.1. The summed E-state index contributed by atoms with van der Waals surface area (Å²) in [7, 11) is -3.40. The first-order chi connectivity index (χ1) is 13.4. The first-order valence-corrected chi connectivity index (χ1v) is 12.0. The maximum absolute atomic E-state index is 14.5. The Morgan fingerprint density at radius 1 is 1.38 bits per heavy atom. The monoisotopic (exact) mass is 443 g/mol. The summed E-state index contributed by atoms with van der Waals surface area (Å²) >= 11 is 1.45.